The van der Waals surface area contributed by atoms with Gasteiger partial charge in [-0.05, 0) is 62.8 Å². The minimum absolute atomic E-state index is 0.0831. The summed E-state index contributed by atoms with van der Waals surface area (Å²) in [5, 5.41) is 5.45. The molecule has 1 aromatic carbocycles. The largest absolute Gasteiger partial charge is 0.374 e. The molecule has 2 unspecified atom stereocenters. The fourth-order valence-corrected chi connectivity index (χ4v) is 6.23. The van der Waals surface area contributed by atoms with Crippen LogP contribution in [0.25, 0.3) is 0 Å². The second-order valence-electron chi connectivity index (χ2n) is 9.57. The van der Waals surface area contributed by atoms with Crippen LogP contribution in [-0.4, -0.2) is 66.4 Å². The van der Waals surface area contributed by atoms with Crippen molar-refractivity contribution in [2.45, 2.75) is 63.1 Å². The second kappa shape index (κ2) is 9.84. The van der Waals surface area contributed by atoms with E-state index in [0.29, 0.717) is 25.1 Å². The lowest BCUT2D eigenvalue weighted by Gasteiger charge is -2.46. The number of nitrogens with zero attached hydrogens (tertiary/aromatic N) is 3. The van der Waals surface area contributed by atoms with Crippen molar-refractivity contribution in [1.29, 1.82) is 0 Å². The van der Waals surface area contributed by atoms with Gasteiger partial charge in [-0.3, -0.25) is 9.58 Å². The maximum Gasteiger partial charge on any atom is 0.150 e. The summed E-state index contributed by atoms with van der Waals surface area (Å²) in [6.07, 6.45) is 6.34. The summed E-state index contributed by atoms with van der Waals surface area (Å²) in [7, 11) is -1.08. The highest BCUT2D eigenvalue weighted by molar-refractivity contribution is 7.90. The van der Waals surface area contributed by atoms with Gasteiger partial charge in [0, 0.05) is 48.6 Å². The Hall–Kier alpha value is -1.41. The number of hydrogen-bond donors (Lipinski definition) is 0. The van der Waals surface area contributed by atoms with Crippen molar-refractivity contribution in [3.05, 3.63) is 52.3 Å². The molecule has 2 heterocycles. The van der Waals surface area contributed by atoms with Crippen molar-refractivity contribution in [3.63, 3.8) is 0 Å². The fraction of sp³-hybridized carbons (Fsp3) is 0.625. The smallest absolute Gasteiger partial charge is 0.150 e. The van der Waals surface area contributed by atoms with Crippen LogP contribution in [0.15, 0.2) is 30.3 Å². The van der Waals surface area contributed by atoms with Gasteiger partial charge in [0.15, 0.2) is 0 Å². The first-order chi connectivity index (χ1) is 15.2. The van der Waals surface area contributed by atoms with Crippen LogP contribution in [0.3, 0.4) is 0 Å². The van der Waals surface area contributed by atoms with Crippen LogP contribution in [0.2, 0.25) is 5.02 Å². The molecule has 1 saturated carbocycles. The predicted octanol–water partition coefficient (Wildman–Crippen LogP) is 3.76. The van der Waals surface area contributed by atoms with Gasteiger partial charge in [0.2, 0.25) is 0 Å². The number of halogens is 1. The standard InChI is InChI=1S/C24H34ClN3O3S/c1-17-12-24(26-27(17)2)19-6-10-21(11-7-19)28-14-23(16-32(3,29)30)31-15-22(28)13-18-4-8-20(25)9-5-18/h4-5,8-9,12,19,21-23H,6-7,10-11,13-16H2,1-3H3. The first kappa shape index (κ1) is 23.7. The Labute approximate surface area is 196 Å². The molecule has 1 saturated heterocycles. The van der Waals surface area contributed by atoms with Crippen LogP contribution >= 0.6 is 11.6 Å². The number of ether oxygens (including phenoxy) is 1. The minimum Gasteiger partial charge on any atom is -0.374 e. The summed E-state index contributed by atoms with van der Waals surface area (Å²) >= 11 is 6.06. The van der Waals surface area contributed by atoms with E-state index in [1.165, 1.54) is 23.2 Å². The summed E-state index contributed by atoms with van der Waals surface area (Å²) in [5.74, 6) is 0.591. The van der Waals surface area contributed by atoms with E-state index in [1.54, 1.807) is 0 Å². The molecule has 8 heteroatoms. The van der Waals surface area contributed by atoms with Gasteiger partial charge < -0.3 is 4.74 Å². The fourth-order valence-electron chi connectivity index (χ4n) is 5.23. The topological polar surface area (TPSA) is 64.4 Å². The van der Waals surface area contributed by atoms with Crippen molar-refractivity contribution >= 4 is 21.4 Å². The average molecular weight is 480 g/mol. The number of aromatic nitrogens is 2. The van der Waals surface area contributed by atoms with Crippen LogP contribution in [0.4, 0.5) is 0 Å². The zero-order chi connectivity index (χ0) is 22.9. The molecule has 1 aliphatic heterocycles. The Morgan fingerprint density at radius 3 is 2.44 bits per heavy atom. The first-order valence-corrected chi connectivity index (χ1v) is 13.9. The molecule has 0 spiro atoms. The molecular formula is C24H34ClN3O3S. The molecule has 0 amide bonds. The Balaban J connectivity index is 1.46. The molecule has 6 nitrogen and oxygen atoms in total. The molecule has 2 atom stereocenters. The monoisotopic (exact) mass is 479 g/mol. The quantitative estimate of drug-likeness (QED) is 0.631. The highest BCUT2D eigenvalue weighted by atomic mass is 35.5. The Kier molecular flexibility index (Phi) is 7.30. The molecule has 2 fully saturated rings. The van der Waals surface area contributed by atoms with Crippen molar-refractivity contribution in [2.75, 3.05) is 25.2 Å². The molecule has 0 N–H and O–H groups in total. The molecule has 32 heavy (non-hydrogen) atoms. The zero-order valence-electron chi connectivity index (χ0n) is 19.2. The molecule has 1 aliphatic carbocycles. The molecule has 2 aromatic rings. The van der Waals surface area contributed by atoms with E-state index in [-0.39, 0.29) is 17.9 Å². The van der Waals surface area contributed by atoms with E-state index in [1.807, 2.05) is 23.9 Å². The highest BCUT2D eigenvalue weighted by Crippen LogP contribution is 2.36. The molecular weight excluding hydrogens is 446 g/mol. The Morgan fingerprint density at radius 2 is 1.84 bits per heavy atom. The van der Waals surface area contributed by atoms with Gasteiger partial charge in [0.25, 0.3) is 0 Å². The normalized spacial score (nSPS) is 27.5. The van der Waals surface area contributed by atoms with E-state index in [2.05, 4.69) is 30.0 Å². The lowest BCUT2D eigenvalue weighted by molar-refractivity contribution is -0.0755. The van der Waals surface area contributed by atoms with Crippen molar-refractivity contribution in [3.8, 4) is 0 Å². The highest BCUT2D eigenvalue weighted by Gasteiger charge is 2.37. The maximum atomic E-state index is 11.9. The third-order valence-electron chi connectivity index (χ3n) is 7.00. The average Bonchev–Trinajstić information content (AvgIpc) is 3.08. The lowest BCUT2D eigenvalue weighted by Crippen LogP contribution is -2.56. The maximum absolute atomic E-state index is 11.9. The van der Waals surface area contributed by atoms with E-state index in [4.69, 9.17) is 21.4 Å². The van der Waals surface area contributed by atoms with Gasteiger partial charge in [0.05, 0.1) is 24.2 Å². The summed E-state index contributed by atoms with van der Waals surface area (Å²) in [6.45, 7) is 3.32. The summed E-state index contributed by atoms with van der Waals surface area (Å²) in [5.41, 5.74) is 3.63. The Bertz CT molecular complexity index is 994. The minimum atomic E-state index is -3.08. The molecule has 4 rings (SSSR count). The van der Waals surface area contributed by atoms with Gasteiger partial charge >= 0.3 is 0 Å². The summed E-state index contributed by atoms with van der Waals surface area (Å²) < 4.78 is 31.8. The lowest BCUT2D eigenvalue weighted by atomic mass is 9.82. The van der Waals surface area contributed by atoms with Gasteiger partial charge in [0.1, 0.15) is 9.84 Å². The van der Waals surface area contributed by atoms with E-state index < -0.39 is 9.84 Å². The van der Waals surface area contributed by atoms with Crippen LogP contribution < -0.4 is 0 Å². The third-order valence-corrected chi connectivity index (χ3v) is 8.23. The second-order valence-corrected chi connectivity index (χ2v) is 12.2. The zero-order valence-corrected chi connectivity index (χ0v) is 20.8. The van der Waals surface area contributed by atoms with Gasteiger partial charge in [-0.1, -0.05) is 23.7 Å². The van der Waals surface area contributed by atoms with Crippen molar-refractivity contribution in [1.82, 2.24) is 14.7 Å². The Morgan fingerprint density at radius 1 is 1.16 bits per heavy atom. The van der Waals surface area contributed by atoms with Gasteiger partial charge in [-0.25, -0.2) is 8.42 Å². The van der Waals surface area contributed by atoms with E-state index in [9.17, 15) is 8.42 Å². The number of rotatable bonds is 6. The predicted molar refractivity (Wildman–Crippen MR) is 128 cm³/mol. The molecule has 0 bridgehead atoms. The molecule has 1 aromatic heterocycles. The number of morpholine rings is 1. The van der Waals surface area contributed by atoms with E-state index >= 15 is 0 Å². The molecule has 2 aliphatic rings. The van der Waals surface area contributed by atoms with Gasteiger partial charge in [-0.15, -0.1) is 0 Å². The SMILES string of the molecule is Cc1cc(C2CCC(N3CC(CS(C)(=O)=O)OCC3Cc3ccc(Cl)cc3)CC2)nn1C. The van der Waals surface area contributed by atoms with Crippen LogP contribution in [0.5, 0.6) is 0 Å². The number of hydrogen-bond acceptors (Lipinski definition) is 5. The van der Waals surface area contributed by atoms with Crippen molar-refractivity contribution < 1.29 is 13.2 Å². The molecule has 176 valence electrons. The summed E-state index contributed by atoms with van der Waals surface area (Å²) in [6, 6.07) is 10.9. The number of benzene rings is 1. The van der Waals surface area contributed by atoms with Crippen LogP contribution in [-0.2, 0) is 28.0 Å². The van der Waals surface area contributed by atoms with Gasteiger partial charge in [-0.2, -0.15) is 5.10 Å². The van der Waals surface area contributed by atoms with Crippen molar-refractivity contribution in [2.24, 2.45) is 7.05 Å². The first-order valence-electron chi connectivity index (χ1n) is 11.5. The van der Waals surface area contributed by atoms with Crippen LogP contribution in [0, 0.1) is 6.92 Å². The van der Waals surface area contributed by atoms with Crippen LogP contribution in [0.1, 0.15) is 48.6 Å². The number of aryl methyl sites for hydroxylation is 2. The summed E-state index contributed by atoms with van der Waals surface area (Å²) in [4.78, 5) is 2.54. The third kappa shape index (κ3) is 5.93. The number of sulfone groups is 1. The van der Waals surface area contributed by atoms with E-state index in [0.717, 1.165) is 37.1 Å². The molecule has 0 radical (unpaired) electrons.